The van der Waals surface area contributed by atoms with Crippen molar-refractivity contribution in [3.63, 3.8) is 0 Å². The minimum absolute atomic E-state index is 0. The monoisotopic (exact) mass is 638 g/mol. The number of nitrogens with zero attached hydrogens (tertiary/aromatic N) is 6. The maximum atomic E-state index is 11.6. The minimum atomic E-state index is -4.96. The molecule has 0 bridgehead atoms. The number of aromatic amines is 2. The van der Waals surface area contributed by atoms with E-state index in [1.165, 1.54) is 28.1 Å². The number of hydrogen-bond donors (Lipinski definition) is 7. The average Bonchev–Trinajstić information content (AvgIpc) is 3.70. The molecule has 228 valence electrons. The molecule has 2 fully saturated rings. The fourth-order valence-corrected chi connectivity index (χ4v) is 4.76. The zero-order chi connectivity index (χ0) is 30.3. The van der Waals surface area contributed by atoms with Crippen molar-refractivity contribution in [2.45, 2.75) is 49.1 Å². The Morgan fingerprint density at radius 1 is 0.814 bits per heavy atom. The summed E-state index contributed by atoms with van der Waals surface area (Å²) >= 11 is 0. The molecule has 0 aromatic carbocycles. The third-order valence-electron chi connectivity index (χ3n) is 6.51. The van der Waals surface area contributed by atoms with E-state index in [-0.39, 0.29) is 51.9 Å². The number of aliphatic hydroxyl groups excluding tert-OH is 5. The number of nitrogens with one attached hydrogen (secondary N) is 2. The van der Waals surface area contributed by atoms with Gasteiger partial charge in [0.2, 0.25) is 10.4 Å². The van der Waals surface area contributed by atoms with Crippen LogP contribution in [0.4, 0.5) is 0 Å². The number of aliphatic hydroxyl groups is 5. The molecule has 21 nitrogen and oxygen atoms in total. The Morgan fingerprint density at radius 3 is 1.67 bits per heavy atom. The molecule has 0 amide bonds. The number of hydrogen-bond acceptors (Lipinski definition) is 17. The fourth-order valence-electron chi connectivity index (χ4n) is 4.46. The van der Waals surface area contributed by atoms with Crippen molar-refractivity contribution in [3.05, 3.63) is 46.0 Å². The van der Waals surface area contributed by atoms with Gasteiger partial charge in [0, 0.05) is 0 Å². The van der Waals surface area contributed by atoms with E-state index in [4.69, 9.17) is 14.6 Å². The number of H-pyrrole nitrogens is 2. The smallest absolute Gasteiger partial charge is 0.726 e. The molecular formula is C20H23N8NaO13S. The molecule has 2 aliphatic rings. The van der Waals surface area contributed by atoms with Crippen LogP contribution in [0, 0.1) is 0 Å². The summed E-state index contributed by atoms with van der Waals surface area (Å²) in [6, 6.07) is 0. The third kappa shape index (κ3) is 6.56. The molecule has 23 heteroatoms. The molecule has 7 N–H and O–H groups in total. The average molecular weight is 639 g/mol. The van der Waals surface area contributed by atoms with Crippen molar-refractivity contribution < 1.29 is 81.7 Å². The molecule has 0 aliphatic carbocycles. The summed E-state index contributed by atoms with van der Waals surface area (Å²) in [5.41, 5.74) is -0.462. The van der Waals surface area contributed by atoms with E-state index in [0.717, 1.165) is 6.33 Å². The first-order chi connectivity index (χ1) is 19.9. The topological polar surface area (TPSA) is 313 Å². The summed E-state index contributed by atoms with van der Waals surface area (Å²) in [6.45, 7) is -1.18. The van der Waals surface area contributed by atoms with Gasteiger partial charge in [-0.25, -0.2) is 28.4 Å². The van der Waals surface area contributed by atoms with Gasteiger partial charge < -0.3 is 49.5 Å². The Balaban J connectivity index is 0.000000195. The Kier molecular flexibility index (Phi) is 10.1. The molecule has 0 radical (unpaired) electrons. The fraction of sp³-hybridized carbons (Fsp3) is 0.500. The van der Waals surface area contributed by atoms with E-state index >= 15 is 0 Å². The summed E-state index contributed by atoms with van der Waals surface area (Å²) in [5.74, 6) is 0. The molecule has 2 aliphatic heterocycles. The third-order valence-corrected chi connectivity index (χ3v) is 6.93. The van der Waals surface area contributed by atoms with E-state index in [9.17, 15) is 43.0 Å². The van der Waals surface area contributed by atoms with E-state index in [0.29, 0.717) is 0 Å². The number of rotatable bonds is 6. The summed E-state index contributed by atoms with van der Waals surface area (Å²) in [6.07, 6.45) is -4.91. The van der Waals surface area contributed by atoms with E-state index in [1.807, 2.05) is 0 Å². The zero-order valence-electron chi connectivity index (χ0n) is 21.9. The van der Waals surface area contributed by atoms with Gasteiger partial charge in [-0.2, -0.15) is 0 Å². The van der Waals surface area contributed by atoms with Gasteiger partial charge >= 0.3 is 29.6 Å². The number of imidazole rings is 2. The van der Waals surface area contributed by atoms with Crippen molar-refractivity contribution in [1.82, 2.24) is 39.0 Å². The summed E-state index contributed by atoms with van der Waals surface area (Å²) in [4.78, 5) is 43.4. The van der Waals surface area contributed by atoms with Gasteiger partial charge in [-0.1, -0.05) is 0 Å². The minimum Gasteiger partial charge on any atom is -0.726 e. The normalized spacial score (nSPS) is 29.0. The van der Waals surface area contributed by atoms with E-state index in [1.54, 1.807) is 0 Å². The Bertz CT molecular complexity index is 1790. The summed E-state index contributed by atoms with van der Waals surface area (Å²) < 4.78 is 48.6. The van der Waals surface area contributed by atoms with Crippen LogP contribution in [0.25, 0.3) is 22.3 Å². The summed E-state index contributed by atoms with van der Waals surface area (Å²) in [5, 5.41) is 48.6. The maximum Gasteiger partial charge on any atom is 1.00 e. The molecule has 6 rings (SSSR count). The molecule has 0 saturated carbocycles. The SMILES string of the molecule is O=c1[nH]cnc2c1ncn2[C@@H]1O[C@H](CO)[C@@H](O)[C@H]1O.O=c1[nH]cnc2c1ncn2[C@@H]1O[C@H](COS(=O)(=O)[O-])[C@@H](O)[C@H]1O.[Na+]. The van der Waals surface area contributed by atoms with Crippen LogP contribution in [0.5, 0.6) is 0 Å². The van der Waals surface area contributed by atoms with E-state index in [2.05, 4.69) is 34.1 Å². The van der Waals surface area contributed by atoms with Crippen molar-refractivity contribution in [3.8, 4) is 0 Å². The van der Waals surface area contributed by atoms with E-state index < -0.39 is 83.8 Å². The second-order valence-corrected chi connectivity index (χ2v) is 10.1. The van der Waals surface area contributed by atoms with Gasteiger partial charge in [-0.3, -0.25) is 22.9 Å². The van der Waals surface area contributed by atoms with Gasteiger partial charge in [0.25, 0.3) is 11.1 Å². The van der Waals surface area contributed by atoms with Gasteiger partial charge in [0.1, 0.15) is 36.6 Å². The van der Waals surface area contributed by atoms with Gasteiger partial charge in [0.05, 0.1) is 38.5 Å². The van der Waals surface area contributed by atoms with Crippen molar-refractivity contribution in [1.29, 1.82) is 0 Å². The molecule has 6 heterocycles. The van der Waals surface area contributed by atoms with Gasteiger partial charge in [0.15, 0.2) is 34.8 Å². The van der Waals surface area contributed by atoms with Crippen LogP contribution in [-0.2, 0) is 24.1 Å². The number of fused-ring (bicyclic) bond motifs is 2. The Hall–Kier alpha value is -2.71. The van der Waals surface area contributed by atoms with Crippen molar-refractivity contribution in [2.75, 3.05) is 13.2 Å². The van der Waals surface area contributed by atoms with Crippen LogP contribution >= 0.6 is 0 Å². The number of aromatic nitrogens is 8. The van der Waals surface area contributed by atoms with Crippen LogP contribution in [0.2, 0.25) is 0 Å². The van der Waals surface area contributed by atoms with Gasteiger partial charge in [-0.05, 0) is 0 Å². The van der Waals surface area contributed by atoms with Crippen LogP contribution in [0.3, 0.4) is 0 Å². The first-order valence-corrected chi connectivity index (χ1v) is 13.3. The molecule has 8 atom stereocenters. The Morgan fingerprint density at radius 2 is 1.26 bits per heavy atom. The quantitative estimate of drug-likeness (QED) is 0.0585. The predicted octanol–water partition coefficient (Wildman–Crippen LogP) is -8.05. The first-order valence-electron chi connectivity index (χ1n) is 12.0. The van der Waals surface area contributed by atoms with Crippen molar-refractivity contribution in [2.24, 2.45) is 0 Å². The van der Waals surface area contributed by atoms with Gasteiger partial charge in [-0.15, -0.1) is 0 Å². The molecule has 0 unspecified atom stereocenters. The standard InChI is InChI=1S/C10H12N4O8S.C10H12N4O5.Na/c15-6-4(1-21-23(18,19)20)22-10(7(6)16)14-3-13-5-8(14)11-2-12-9(5)17;15-1-4-6(16)7(17)10(19-4)14-3-13-5-8(14)11-2-12-9(5)18;/h2-4,6-7,10,15-16H,1H2,(H,11,12,17)(H,18,19,20);2-4,6-7,10,15-17H,1H2,(H,11,12,18);/q;;+1/p-1/t2*4-,6-,7-,10-;/m11./s1. The van der Waals surface area contributed by atoms with Crippen LogP contribution in [0.15, 0.2) is 34.9 Å². The first kappa shape index (κ1) is 33.2. The molecule has 0 spiro atoms. The summed E-state index contributed by atoms with van der Waals surface area (Å²) in [7, 11) is -4.96. The second kappa shape index (κ2) is 13.1. The zero-order valence-corrected chi connectivity index (χ0v) is 24.8. The second-order valence-electron chi connectivity index (χ2n) is 9.08. The van der Waals surface area contributed by atoms with Crippen LogP contribution < -0.4 is 40.7 Å². The molecule has 4 aromatic rings. The molecule has 4 aromatic heterocycles. The number of ether oxygens (including phenoxy) is 2. The Labute approximate surface area is 261 Å². The predicted molar refractivity (Wildman–Crippen MR) is 131 cm³/mol. The van der Waals surface area contributed by atoms with Crippen LogP contribution in [0.1, 0.15) is 12.5 Å². The maximum absolute atomic E-state index is 11.6. The molecule has 43 heavy (non-hydrogen) atoms. The largest absolute Gasteiger partial charge is 1.00 e. The van der Waals surface area contributed by atoms with Crippen LogP contribution in [-0.4, -0.2) is 127 Å². The van der Waals surface area contributed by atoms with Crippen molar-refractivity contribution >= 4 is 32.7 Å². The molecular weight excluding hydrogens is 615 g/mol. The molecule has 2 saturated heterocycles.